The topological polar surface area (TPSA) is 58.2 Å². The van der Waals surface area contributed by atoms with E-state index in [0.717, 1.165) is 29.5 Å². The molecule has 0 radical (unpaired) electrons. The van der Waals surface area contributed by atoms with E-state index in [-0.39, 0.29) is 11.7 Å². The van der Waals surface area contributed by atoms with Crippen molar-refractivity contribution >= 4 is 16.7 Å². The van der Waals surface area contributed by atoms with E-state index in [4.69, 9.17) is 4.74 Å². The Labute approximate surface area is 129 Å². The fraction of sp³-hybridized carbons (Fsp3) is 0.529. The van der Waals surface area contributed by atoms with Crippen molar-refractivity contribution in [2.24, 2.45) is 5.92 Å². The molecule has 3 heterocycles. The first-order valence-corrected chi connectivity index (χ1v) is 7.95. The van der Waals surface area contributed by atoms with E-state index in [2.05, 4.69) is 22.1 Å². The lowest BCUT2D eigenvalue weighted by Gasteiger charge is -2.35. The van der Waals surface area contributed by atoms with Crippen LogP contribution in [0.4, 0.5) is 0 Å². The first kappa shape index (κ1) is 13.8. The molecule has 22 heavy (non-hydrogen) atoms. The van der Waals surface area contributed by atoms with Gasteiger partial charge in [0.05, 0.1) is 12.6 Å². The summed E-state index contributed by atoms with van der Waals surface area (Å²) in [6.45, 7) is 0. The van der Waals surface area contributed by atoms with E-state index < -0.39 is 0 Å². The monoisotopic (exact) mass is 299 g/mol. The molecule has 116 valence electrons. The van der Waals surface area contributed by atoms with Gasteiger partial charge < -0.3 is 9.64 Å². The van der Waals surface area contributed by atoms with Crippen LogP contribution in [0.5, 0.6) is 5.75 Å². The van der Waals surface area contributed by atoms with E-state index in [1.54, 1.807) is 7.11 Å². The normalized spacial score (nSPS) is 28.2. The number of rotatable bonds is 3. The largest absolute Gasteiger partial charge is 0.497 e. The Morgan fingerprint density at radius 2 is 2.05 bits per heavy atom. The summed E-state index contributed by atoms with van der Waals surface area (Å²) in [5.74, 6) is 1.08. The summed E-state index contributed by atoms with van der Waals surface area (Å²) in [7, 11) is 3.83. The fourth-order valence-electron chi connectivity index (χ4n) is 4.13. The minimum absolute atomic E-state index is 0.113. The first-order chi connectivity index (χ1) is 10.7. The van der Waals surface area contributed by atoms with Gasteiger partial charge >= 0.3 is 0 Å². The fourth-order valence-corrected chi connectivity index (χ4v) is 4.13. The predicted octanol–water partition coefficient (Wildman–Crippen LogP) is 2.63. The summed E-state index contributed by atoms with van der Waals surface area (Å²) in [4.78, 5) is 15.4. The van der Waals surface area contributed by atoms with Gasteiger partial charge in [0.2, 0.25) is 0 Å². The molecule has 1 aromatic heterocycles. The molecule has 2 bridgehead atoms. The maximum absolute atomic E-state index is 12.9. The number of H-pyrrole nitrogens is 1. The van der Waals surface area contributed by atoms with Crippen LogP contribution in [0.1, 0.15) is 36.2 Å². The van der Waals surface area contributed by atoms with Crippen LogP contribution in [-0.4, -0.2) is 47.1 Å². The average Bonchev–Trinajstić information content (AvgIpc) is 3.02. The van der Waals surface area contributed by atoms with Gasteiger partial charge in [-0.25, -0.2) is 0 Å². The Bertz CT molecular complexity index is 710. The average molecular weight is 299 g/mol. The number of methoxy groups -OCH3 is 1. The van der Waals surface area contributed by atoms with E-state index in [1.807, 2.05) is 18.2 Å². The molecule has 0 amide bonds. The van der Waals surface area contributed by atoms with Gasteiger partial charge in [-0.05, 0) is 44.9 Å². The number of ketones is 1. The molecule has 2 fully saturated rings. The van der Waals surface area contributed by atoms with Gasteiger partial charge in [-0.2, -0.15) is 5.10 Å². The molecule has 5 heteroatoms. The van der Waals surface area contributed by atoms with Crippen molar-refractivity contribution in [1.29, 1.82) is 0 Å². The lowest BCUT2D eigenvalue weighted by molar-refractivity contribution is 0.0763. The van der Waals surface area contributed by atoms with Crippen molar-refractivity contribution in [2.75, 3.05) is 14.2 Å². The van der Waals surface area contributed by atoms with Gasteiger partial charge in [-0.3, -0.25) is 9.89 Å². The molecule has 2 aliphatic heterocycles. The number of benzene rings is 1. The molecule has 0 spiro atoms. The smallest absolute Gasteiger partial charge is 0.186 e. The van der Waals surface area contributed by atoms with Crippen molar-refractivity contribution in [2.45, 2.75) is 37.8 Å². The number of hydrogen-bond donors (Lipinski definition) is 1. The quantitative estimate of drug-likeness (QED) is 0.885. The molecule has 2 unspecified atom stereocenters. The molecule has 1 N–H and O–H groups in total. The lowest BCUT2D eigenvalue weighted by Crippen LogP contribution is -2.42. The Morgan fingerprint density at radius 1 is 1.32 bits per heavy atom. The highest BCUT2D eigenvalue weighted by Gasteiger charge is 2.41. The number of fused-ring (bicyclic) bond motifs is 3. The number of aromatic nitrogens is 2. The zero-order chi connectivity index (χ0) is 15.3. The van der Waals surface area contributed by atoms with Crippen molar-refractivity contribution in [3.05, 3.63) is 23.9 Å². The van der Waals surface area contributed by atoms with Crippen LogP contribution < -0.4 is 4.74 Å². The van der Waals surface area contributed by atoms with Gasteiger partial charge in [-0.15, -0.1) is 0 Å². The van der Waals surface area contributed by atoms with Crippen molar-refractivity contribution in [1.82, 2.24) is 15.1 Å². The van der Waals surface area contributed by atoms with Crippen LogP contribution in [0.3, 0.4) is 0 Å². The van der Waals surface area contributed by atoms with Crippen LogP contribution in [0, 0.1) is 5.92 Å². The Balaban J connectivity index is 1.63. The molecule has 2 aliphatic rings. The Hall–Kier alpha value is -1.88. The maximum Gasteiger partial charge on any atom is 0.186 e. The van der Waals surface area contributed by atoms with Gasteiger partial charge in [0.15, 0.2) is 5.78 Å². The SMILES string of the molecule is COc1ccc2c(C(=O)C3CC4CCC(C3)N4C)n[nH]c2c1. The molecule has 0 saturated carbocycles. The number of hydrogen-bond acceptors (Lipinski definition) is 4. The Morgan fingerprint density at radius 3 is 2.73 bits per heavy atom. The summed E-state index contributed by atoms with van der Waals surface area (Å²) in [5, 5.41) is 8.16. The van der Waals surface area contributed by atoms with Gasteiger partial charge in [-0.1, -0.05) is 0 Å². The third kappa shape index (κ3) is 2.03. The second-order valence-corrected chi connectivity index (χ2v) is 6.57. The number of nitrogens with zero attached hydrogens (tertiary/aromatic N) is 2. The highest BCUT2D eigenvalue weighted by Crippen LogP contribution is 2.39. The Kier molecular flexibility index (Phi) is 3.18. The van der Waals surface area contributed by atoms with Gasteiger partial charge in [0, 0.05) is 29.5 Å². The van der Waals surface area contributed by atoms with Gasteiger partial charge in [0.1, 0.15) is 11.4 Å². The third-order valence-corrected chi connectivity index (χ3v) is 5.47. The molecule has 4 rings (SSSR count). The number of carbonyl (C=O) groups is 1. The highest BCUT2D eigenvalue weighted by atomic mass is 16.5. The number of aromatic amines is 1. The zero-order valence-electron chi connectivity index (χ0n) is 13.0. The van der Waals surface area contributed by atoms with Crippen LogP contribution in [0.15, 0.2) is 18.2 Å². The van der Waals surface area contributed by atoms with E-state index >= 15 is 0 Å². The summed E-state index contributed by atoms with van der Waals surface area (Å²) in [6.07, 6.45) is 4.39. The van der Waals surface area contributed by atoms with Crippen molar-refractivity contribution < 1.29 is 9.53 Å². The van der Waals surface area contributed by atoms with Crippen molar-refractivity contribution in [3.63, 3.8) is 0 Å². The van der Waals surface area contributed by atoms with Gasteiger partial charge in [0.25, 0.3) is 0 Å². The van der Waals surface area contributed by atoms with Crippen LogP contribution in [-0.2, 0) is 0 Å². The minimum Gasteiger partial charge on any atom is -0.497 e. The summed E-state index contributed by atoms with van der Waals surface area (Å²) in [5.41, 5.74) is 1.45. The number of ether oxygens (including phenoxy) is 1. The summed E-state index contributed by atoms with van der Waals surface area (Å²) >= 11 is 0. The van der Waals surface area contributed by atoms with E-state index in [0.29, 0.717) is 17.8 Å². The minimum atomic E-state index is 0.113. The number of carbonyl (C=O) groups excluding carboxylic acids is 1. The number of Topliss-reactive ketones (excluding diaryl/α,β-unsaturated/α-hetero) is 1. The molecular formula is C17H21N3O2. The highest BCUT2D eigenvalue weighted by molar-refractivity contribution is 6.07. The summed E-state index contributed by atoms with van der Waals surface area (Å²) in [6, 6.07) is 6.83. The zero-order valence-corrected chi connectivity index (χ0v) is 13.0. The first-order valence-electron chi connectivity index (χ1n) is 7.95. The second-order valence-electron chi connectivity index (χ2n) is 6.57. The molecule has 1 aromatic carbocycles. The second kappa shape index (κ2) is 5.09. The summed E-state index contributed by atoms with van der Waals surface area (Å²) < 4.78 is 5.22. The lowest BCUT2D eigenvalue weighted by atomic mass is 9.86. The van der Waals surface area contributed by atoms with E-state index in [1.165, 1.54) is 12.8 Å². The van der Waals surface area contributed by atoms with Crippen LogP contribution >= 0.6 is 0 Å². The van der Waals surface area contributed by atoms with E-state index in [9.17, 15) is 4.79 Å². The molecular weight excluding hydrogens is 278 g/mol. The predicted molar refractivity (Wildman–Crippen MR) is 84.3 cm³/mol. The molecule has 2 aromatic rings. The third-order valence-electron chi connectivity index (χ3n) is 5.47. The molecule has 0 aliphatic carbocycles. The maximum atomic E-state index is 12.9. The molecule has 5 nitrogen and oxygen atoms in total. The standard InChI is InChI=1S/C17H21N3O2/c1-20-11-3-4-12(20)8-10(7-11)17(21)16-14-6-5-13(22-2)9-15(14)18-19-16/h5-6,9-12H,3-4,7-8H2,1-2H3,(H,18,19). The molecule has 2 atom stereocenters. The van der Waals surface area contributed by atoms with Crippen LogP contribution in [0.2, 0.25) is 0 Å². The van der Waals surface area contributed by atoms with Crippen LogP contribution in [0.25, 0.3) is 10.9 Å². The number of nitrogens with one attached hydrogen (secondary N) is 1. The van der Waals surface area contributed by atoms with Crippen molar-refractivity contribution in [3.8, 4) is 5.75 Å². The molecule has 2 saturated heterocycles. The number of piperidine rings is 1.